The van der Waals surface area contributed by atoms with Crippen molar-refractivity contribution in [2.45, 2.75) is 6.92 Å². The SMILES string of the molecule is COc1cccc(-c2nc(C)c(C(=O)Nc3cc(OC)c(OC)c(OC)c3)s2)c1. The van der Waals surface area contributed by atoms with Crippen LogP contribution >= 0.6 is 11.3 Å². The number of thiazole rings is 1. The van der Waals surface area contributed by atoms with Crippen LogP contribution in [0.15, 0.2) is 36.4 Å². The van der Waals surface area contributed by atoms with Gasteiger partial charge in [-0.3, -0.25) is 4.79 Å². The number of nitrogens with zero attached hydrogens (tertiary/aromatic N) is 1. The van der Waals surface area contributed by atoms with E-state index >= 15 is 0 Å². The summed E-state index contributed by atoms with van der Waals surface area (Å²) >= 11 is 1.32. The predicted octanol–water partition coefficient (Wildman–Crippen LogP) is 4.41. The number of carbonyl (C=O) groups is 1. The Morgan fingerprint density at radius 2 is 1.66 bits per heavy atom. The topological polar surface area (TPSA) is 78.9 Å². The number of rotatable bonds is 7. The molecule has 0 aliphatic heterocycles. The fraction of sp³-hybridized carbons (Fsp3) is 0.238. The molecule has 29 heavy (non-hydrogen) atoms. The molecule has 1 aromatic heterocycles. The Labute approximate surface area is 173 Å². The minimum atomic E-state index is -0.261. The Morgan fingerprint density at radius 1 is 0.966 bits per heavy atom. The van der Waals surface area contributed by atoms with E-state index in [9.17, 15) is 4.79 Å². The van der Waals surface area contributed by atoms with Gasteiger partial charge in [-0.25, -0.2) is 4.98 Å². The van der Waals surface area contributed by atoms with Crippen LogP contribution in [0.4, 0.5) is 5.69 Å². The number of aromatic nitrogens is 1. The Balaban J connectivity index is 1.89. The Kier molecular flexibility index (Phi) is 6.23. The molecule has 0 aliphatic rings. The minimum Gasteiger partial charge on any atom is -0.497 e. The standard InChI is InChI=1S/C21H22N2O5S/c1-12-19(29-21(22-12)13-7-6-8-15(9-13)25-2)20(24)23-14-10-16(26-3)18(28-5)17(11-14)27-4/h6-11H,1-5H3,(H,23,24). The lowest BCUT2D eigenvalue weighted by molar-refractivity contribution is 0.103. The minimum absolute atomic E-state index is 0.261. The molecule has 0 saturated heterocycles. The second-order valence-electron chi connectivity index (χ2n) is 6.03. The van der Waals surface area contributed by atoms with Crippen LogP contribution in [0.3, 0.4) is 0 Å². The summed E-state index contributed by atoms with van der Waals surface area (Å²) in [5.41, 5.74) is 2.07. The highest BCUT2D eigenvalue weighted by atomic mass is 32.1. The van der Waals surface area contributed by atoms with E-state index in [2.05, 4.69) is 10.3 Å². The van der Waals surface area contributed by atoms with E-state index in [1.807, 2.05) is 31.2 Å². The molecule has 1 amide bonds. The molecule has 2 aromatic carbocycles. The van der Waals surface area contributed by atoms with Gasteiger partial charge in [0.1, 0.15) is 15.6 Å². The van der Waals surface area contributed by atoms with Gasteiger partial charge in [-0.05, 0) is 19.1 Å². The highest BCUT2D eigenvalue weighted by Crippen LogP contribution is 2.40. The molecular formula is C21H22N2O5S. The first-order chi connectivity index (χ1) is 14.0. The number of amides is 1. The zero-order chi connectivity index (χ0) is 21.0. The third-order valence-corrected chi connectivity index (χ3v) is 5.45. The predicted molar refractivity (Wildman–Crippen MR) is 113 cm³/mol. The quantitative estimate of drug-likeness (QED) is 0.617. The summed E-state index contributed by atoms with van der Waals surface area (Å²) in [6.07, 6.45) is 0. The molecule has 152 valence electrons. The molecule has 0 spiro atoms. The summed E-state index contributed by atoms with van der Waals surface area (Å²) in [7, 11) is 6.19. The van der Waals surface area contributed by atoms with Crippen molar-refractivity contribution in [3.63, 3.8) is 0 Å². The Hall–Kier alpha value is -3.26. The highest BCUT2D eigenvalue weighted by Gasteiger charge is 2.19. The van der Waals surface area contributed by atoms with Crippen molar-refractivity contribution in [3.05, 3.63) is 47.0 Å². The van der Waals surface area contributed by atoms with Gasteiger partial charge in [0.2, 0.25) is 5.75 Å². The molecule has 0 atom stereocenters. The summed E-state index contributed by atoms with van der Waals surface area (Å²) in [6.45, 7) is 1.81. The molecule has 0 fully saturated rings. The van der Waals surface area contributed by atoms with Gasteiger partial charge in [-0.1, -0.05) is 12.1 Å². The van der Waals surface area contributed by atoms with E-state index in [0.29, 0.717) is 33.5 Å². The van der Waals surface area contributed by atoms with E-state index in [1.54, 1.807) is 19.2 Å². The first-order valence-corrected chi connectivity index (χ1v) is 9.55. The van der Waals surface area contributed by atoms with Crippen molar-refractivity contribution in [2.75, 3.05) is 33.8 Å². The molecular weight excluding hydrogens is 392 g/mol. The van der Waals surface area contributed by atoms with Gasteiger partial charge in [-0.2, -0.15) is 0 Å². The number of carbonyl (C=O) groups excluding carboxylic acids is 1. The second kappa shape index (κ2) is 8.83. The molecule has 3 aromatic rings. The van der Waals surface area contributed by atoms with E-state index in [1.165, 1.54) is 32.7 Å². The summed E-state index contributed by atoms with van der Waals surface area (Å²) in [5, 5.41) is 3.63. The maximum atomic E-state index is 12.9. The van der Waals surface area contributed by atoms with Crippen molar-refractivity contribution in [2.24, 2.45) is 0 Å². The van der Waals surface area contributed by atoms with Crippen LogP contribution in [-0.4, -0.2) is 39.3 Å². The Morgan fingerprint density at radius 3 is 2.24 bits per heavy atom. The van der Waals surface area contributed by atoms with Crippen molar-refractivity contribution in [3.8, 4) is 33.6 Å². The molecule has 1 N–H and O–H groups in total. The van der Waals surface area contributed by atoms with E-state index < -0.39 is 0 Å². The average Bonchev–Trinajstić information content (AvgIpc) is 3.14. The van der Waals surface area contributed by atoms with Crippen molar-refractivity contribution >= 4 is 22.9 Å². The number of methoxy groups -OCH3 is 4. The molecule has 0 aliphatic carbocycles. The van der Waals surface area contributed by atoms with E-state index in [4.69, 9.17) is 18.9 Å². The molecule has 0 radical (unpaired) electrons. The van der Waals surface area contributed by atoms with Crippen LogP contribution in [0.1, 0.15) is 15.4 Å². The highest BCUT2D eigenvalue weighted by molar-refractivity contribution is 7.17. The fourth-order valence-corrected chi connectivity index (χ4v) is 3.79. The monoisotopic (exact) mass is 414 g/mol. The first-order valence-electron chi connectivity index (χ1n) is 8.74. The van der Waals surface area contributed by atoms with Gasteiger partial charge < -0.3 is 24.3 Å². The molecule has 8 heteroatoms. The number of nitrogens with one attached hydrogen (secondary N) is 1. The van der Waals surface area contributed by atoms with Crippen LogP contribution in [0.25, 0.3) is 10.6 Å². The first kappa shape index (κ1) is 20.5. The summed E-state index contributed by atoms with van der Waals surface area (Å²) in [4.78, 5) is 17.9. The summed E-state index contributed by atoms with van der Waals surface area (Å²) in [5.74, 6) is 1.85. The maximum absolute atomic E-state index is 12.9. The lowest BCUT2D eigenvalue weighted by atomic mass is 10.2. The van der Waals surface area contributed by atoms with Crippen molar-refractivity contribution < 1.29 is 23.7 Å². The molecule has 7 nitrogen and oxygen atoms in total. The molecule has 0 saturated carbocycles. The summed E-state index contributed by atoms with van der Waals surface area (Å²) < 4.78 is 21.3. The number of aryl methyl sites for hydroxylation is 1. The normalized spacial score (nSPS) is 10.4. The van der Waals surface area contributed by atoms with Crippen LogP contribution in [0.5, 0.6) is 23.0 Å². The van der Waals surface area contributed by atoms with Gasteiger partial charge in [-0.15, -0.1) is 11.3 Å². The number of ether oxygens (including phenoxy) is 4. The van der Waals surface area contributed by atoms with Gasteiger partial charge in [0.05, 0.1) is 34.1 Å². The fourth-order valence-electron chi connectivity index (χ4n) is 2.83. The van der Waals surface area contributed by atoms with Gasteiger partial charge in [0.15, 0.2) is 11.5 Å². The second-order valence-corrected chi connectivity index (χ2v) is 7.03. The zero-order valence-electron chi connectivity index (χ0n) is 16.9. The van der Waals surface area contributed by atoms with E-state index in [0.717, 1.165) is 16.3 Å². The van der Waals surface area contributed by atoms with Gasteiger partial charge in [0.25, 0.3) is 5.91 Å². The van der Waals surface area contributed by atoms with Crippen LogP contribution < -0.4 is 24.3 Å². The zero-order valence-corrected chi connectivity index (χ0v) is 17.7. The van der Waals surface area contributed by atoms with Crippen LogP contribution in [0, 0.1) is 6.92 Å². The third-order valence-electron chi connectivity index (χ3n) is 4.24. The lowest BCUT2D eigenvalue weighted by Crippen LogP contribution is -2.12. The Bertz CT molecular complexity index is 1010. The van der Waals surface area contributed by atoms with Crippen LogP contribution in [-0.2, 0) is 0 Å². The number of anilines is 1. The number of hydrogen-bond donors (Lipinski definition) is 1. The summed E-state index contributed by atoms with van der Waals surface area (Å²) in [6, 6.07) is 10.9. The smallest absolute Gasteiger partial charge is 0.267 e. The van der Waals surface area contributed by atoms with Crippen LogP contribution in [0.2, 0.25) is 0 Å². The van der Waals surface area contributed by atoms with Gasteiger partial charge >= 0.3 is 0 Å². The van der Waals surface area contributed by atoms with Crippen molar-refractivity contribution in [1.29, 1.82) is 0 Å². The molecule has 0 unspecified atom stereocenters. The third kappa shape index (κ3) is 4.27. The maximum Gasteiger partial charge on any atom is 0.267 e. The number of hydrogen-bond acceptors (Lipinski definition) is 7. The van der Waals surface area contributed by atoms with Crippen molar-refractivity contribution in [1.82, 2.24) is 4.98 Å². The molecule has 3 rings (SSSR count). The molecule has 0 bridgehead atoms. The molecule has 1 heterocycles. The van der Waals surface area contributed by atoms with E-state index in [-0.39, 0.29) is 5.91 Å². The number of benzene rings is 2. The average molecular weight is 414 g/mol. The lowest BCUT2D eigenvalue weighted by Gasteiger charge is -2.14. The largest absolute Gasteiger partial charge is 0.497 e. The van der Waals surface area contributed by atoms with Gasteiger partial charge in [0, 0.05) is 23.4 Å².